The zero-order valence-corrected chi connectivity index (χ0v) is 19.3. The number of fused-ring (bicyclic) bond motifs is 1. The van der Waals surface area contributed by atoms with Gasteiger partial charge < -0.3 is 24.8 Å². The number of aliphatic carboxylic acids is 1. The van der Waals surface area contributed by atoms with Crippen LogP contribution in [0.2, 0.25) is 5.02 Å². The van der Waals surface area contributed by atoms with E-state index in [1.807, 2.05) is 31.3 Å². The number of hydrogen-bond donors (Lipinski definition) is 2. The van der Waals surface area contributed by atoms with E-state index in [0.29, 0.717) is 18.9 Å². The topological polar surface area (TPSA) is 88.1 Å². The number of ether oxygens (including phenoxy) is 2. The number of rotatable bonds is 7. The summed E-state index contributed by atoms with van der Waals surface area (Å²) in [7, 11) is 1.98. The fraction of sp³-hybridized carbons (Fsp3) is 0.200. The van der Waals surface area contributed by atoms with Gasteiger partial charge in [-0.1, -0.05) is 29.8 Å². The Bertz CT molecular complexity index is 1250. The van der Waals surface area contributed by atoms with Gasteiger partial charge in [-0.2, -0.15) is 8.78 Å². The molecule has 3 aromatic rings. The minimum atomic E-state index is -4.12. The second kappa shape index (κ2) is 9.79. The van der Waals surface area contributed by atoms with Crippen LogP contribution in [-0.4, -0.2) is 43.3 Å². The van der Waals surface area contributed by atoms with Crippen molar-refractivity contribution >= 4 is 34.9 Å². The number of halogens is 3. The molecule has 0 radical (unpaired) electrons. The first-order valence-corrected chi connectivity index (χ1v) is 10.9. The van der Waals surface area contributed by atoms with E-state index in [-0.39, 0.29) is 22.4 Å². The predicted octanol–water partition coefficient (Wildman–Crippen LogP) is 5.04. The van der Waals surface area contributed by atoms with Gasteiger partial charge in [-0.05, 0) is 48.5 Å². The van der Waals surface area contributed by atoms with Gasteiger partial charge in [0.25, 0.3) is 5.91 Å². The van der Waals surface area contributed by atoms with Crippen LogP contribution in [0.3, 0.4) is 0 Å². The second-order valence-corrected chi connectivity index (χ2v) is 8.36. The summed E-state index contributed by atoms with van der Waals surface area (Å²) in [4.78, 5) is 25.5. The average Bonchev–Trinajstić information content (AvgIpc) is 2.84. The molecule has 35 heavy (non-hydrogen) atoms. The molecule has 1 heterocycles. The highest BCUT2D eigenvalue weighted by molar-refractivity contribution is 6.34. The van der Waals surface area contributed by atoms with Gasteiger partial charge in [0, 0.05) is 18.2 Å². The Hall–Kier alpha value is -3.85. The quantitative estimate of drug-likeness (QED) is 0.470. The number of carbonyl (C=O) groups is 2. The zero-order chi connectivity index (χ0) is 25.2. The van der Waals surface area contributed by atoms with Crippen LogP contribution in [0, 0.1) is 0 Å². The third kappa shape index (κ3) is 5.30. The minimum Gasteiger partial charge on any atom is -0.490 e. The standard InChI is InChI=1S/C25H21ClF2N2O5/c1-30-13-18(35-22-5-3-2-4-21(22)30)14-34-17-9-6-15(7-10-17)23(31)29-20-12-16(8-11-19(20)26)25(27,28)24(32)33/h2-12,18H,13-14H2,1H3,(H,29,31)(H,32,33)/t18-/m0/s1. The number of nitrogens with zero attached hydrogens (tertiary/aromatic N) is 1. The molecule has 0 bridgehead atoms. The number of para-hydroxylation sites is 2. The van der Waals surface area contributed by atoms with Crippen LogP contribution < -0.4 is 19.7 Å². The number of carboxylic acid groups (broad SMARTS) is 1. The highest BCUT2D eigenvalue weighted by Crippen LogP contribution is 2.34. The minimum absolute atomic E-state index is 0.0118. The van der Waals surface area contributed by atoms with Crippen molar-refractivity contribution in [3.8, 4) is 11.5 Å². The number of likely N-dealkylation sites (N-methyl/N-ethyl adjacent to an activating group) is 1. The summed E-state index contributed by atoms with van der Waals surface area (Å²) >= 11 is 6.00. The van der Waals surface area contributed by atoms with Crippen molar-refractivity contribution in [1.29, 1.82) is 0 Å². The SMILES string of the molecule is CN1C[C@@H](COc2ccc(C(=O)Nc3cc(C(F)(F)C(=O)O)ccc3Cl)cc2)Oc2ccccc21. The van der Waals surface area contributed by atoms with Crippen LogP contribution in [0.15, 0.2) is 66.7 Å². The Morgan fingerprint density at radius 3 is 2.60 bits per heavy atom. The van der Waals surface area contributed by atoms with Gasteiger partial charge in [-0.15, -0.1) is 0 Å². The van der Waals surface area contributed by atoms with Crippen molar-refractivity contribution in [3.63, 3.8) is 0 Å². The molecule has 2 N–H and O–H groups in total. The molecule has 7 nitrogen and oxygen atoms in total. The smallest absolute Gasteiger partial charge is 0.379 e. The molecule has 0 saturated heterocycles. The first-order chi connectivity index (χ1) is 16.6. The molecule has 182 valence electrons. The molecule has 1 atom stereocenters. The first-order valence-electron chi connectivity index (χ1n) is 10.6. The van der Waals surface area contributed by atoms with E-state index in [2.05, 4.69) is 10.2 Å². The summed E-state index contributed by atoms with van der Waals surface area (Å²) in [6, 6.07) is 16.8. The Morgan fingerprint density at radius 1 is 1.17 bits per heavy atom. The van der Waals surface area contributed by atoms with E-state index in [1.165, 1.54) is 12.1 Å². The Balaban J connectivity index is 1.38. The molecule has 1 amide bonds. The molecular weight excluding hydrogens is 482 g/mol. The van der Waals surface area contributed by atoms with Gasteiger partial charge in [-0.3, -0.25) is 4.79 Å². The van der Waals surface area contributed by atoms with Gasteiger partial charge in [-0.25, -0.2) is 4.79 Å². The largest absolute Gasteiger partial charge is 0.490 e. The van der Waals surface area contributed by atoms with E-state index in [0.717, 1.165) is 29.6 Å². The number of amides is 1. The van der Waals surface area contributed by atoms with Crippen LogP contribution in [0.5, 0.6) is 11.5 Å². The Labute approximate surface area is 204 Å². The zero-order valence-electron chi connectivity index (χ0n) is 18.5. The maximum absolute atomic E-state index is 13.8. The number of alkyl halides is 2. The van der Waals surface area contributed by atoms with Crippen molar-refractivity contribution in [1.82, 2.24) is 0 Å². The highest BCUT2D eigenvalue weighted by atomic mass is 35.5. The van der Waals surface area contributed by atoms with E-state index in [9.17, 15) is 18.4 Å². The molecule has 0 saturated carbocycles. The summed E-state index contributed by atoms with van der Waals surface area (Å²) in [5, 5.41) is 11.2. The van der Waals surface area contributed by atoms with Crippen LogP contribution >= 0.6 is 11.6 Å². The molecule has 0 aromatic heterocycles. The molecule has 1 aliphatic heterocycles. The average molecular weight is 503 g/mol. The summed E-state index contributed by atoms with van der Waals surface area (Å²) in [6.45, 7) is 0.947. The fourth-order valence-corrected chi connectivity index (χ4v) is 3.77. The van der Waals surface area contributed by atoms with Crippen molar-refractivity contribution in [3.05, 3.63) is 82.9 Å². The molecule has 0 fully saturated rings. The lowest BCUT2D eigenvalue weighted by Crippen LogP contribution is -2.41. The molecule has 0 unspecified atom stereocenters. The van der Waals surface area contributed by atoms with Crippen LogP contribution in [0.1, 0.15) is 15.9 Å². The van der Waals surface area contributed by atoms with Crippen molar-refractivity contribution in [2.75, 3.05) is 30.4 Å². The van der Waals surface area contributed by atoms with E-state index >= 15 is 0 Å². The second-order valence-electron chi connectivity index (χ2n) is 7.95. The highest BCUT2D eigenvalue weighted by Gasteiger charge is 2.41. The van der Waals surface area contributed by atoms with Gasteiger partial charge in [0.05, 0.1) is 22.9 Å². The van der Waals surface area contributed by atoms with Crippen molar-refractivity contribution in [2.45, 2.75) is 12.0 Å². The van der Waals surface area contributed by atoms with Gasteiger partial charge in [0.15, 0.2) is 0 Å². The number of nitrogens with one attached hydrogen (secondary N) is 1. The van der Waals surface area contributed by atoms with Gasteiger partial charge >= 0.3 is 11.9 Å². The molecule has 0 aliphatic carbocycles. The third-order valence-corrected chi connectivity index (χ3v) is 5.78. The molecule has 10 heteroatoms. The number of carboxylic acids is 1. The summed E-state index contributed by atoms with van der Waals surface area (Å²) < 4.78 is 39.4. The van der Waals surface area contributed by atoms with E-state index < -0.39 is 23.4 Å². The van der Waals surface area contributed by atoms with Crippen LogP contribution in [0.25, 0.3) is 0 Å². The maximum atomic E-state index is 13.8. The third-order valence-electron chi connectivity index (χ3n) is 5.45. The summed E-state index contributed by atoms with van der Waals surface area (Å²) in [6.07, 6.45) is -0.184. The van der Waals surface area contributed by atoms with Gasteiger partial charge in [0.2, 0.25) is 0 Å². The molecular formula is C25H21ClF2N2O5. The summed E-state index contributed by atoms with van der Waals surface area (Å²) in [5.41, 5.74) is 0.309. The molecule has 1 aliphatic rings. The fourth-order valence-electron chi connectivity index (χ4n) is 3.61. The lowest BCUT2D eigenvalue weighted by atomic mass is 10.1. The lowest BCUT2D eigenvalue weighted by molar-refractivity contribution is -0.166. The maximum Gasteiger partial charge on any atom is 0.379 e. The normalized spacial score (nSPS) is 15.1. The number of anilines is 2. The molecule has 0 spiro atoms. The van der Waals surface area contributed by atoms with Gasteiger partial charge in [0.1, 0.15) is 24.2 Å². The predicted molar refractivity (Wildman–Crippen MR) is 127 cm³/mol. The molecule has 4 rings (SSSR count). The first kappa shape index (κ1) is 24.3. The van der Waals surface area contributed by atoms with E-state index in [1.54, 1.807) is 12.1 Å². The summed E-state index contributed by atoms with van der Waals surface area (Å²) in [5.74, 6) is -5.73. The van der Waals surface area contributed by atoms with Crippen LogP contribution in [-0.2, 0) is 10.7 Å². The van der Waals surface area contributed by atoms with Crippen molar-refractivity contribution < 1.29 is 33.0 Å². The molecule has 3 aromatic carbocycles. The van der Waals surface area contributed by atoms with Crippen molar-refractivity contribution in [2.24, 2.45) is 0 Å². The number of hydrogen-bond acceptors (Lipinski definition) is 5. The van der Waals surface area contributed by atoms with E-state index in [4.69, 9.17) is 26.2 Å². The monoisotopic (exact) mass is 502 g/mol. The Morgan fingerprint density at radius 2 is 1.89 bits per heavy atom. The number of benzene rings is 3. The number of carbonyl (C=O) groups excluding carboxylic acids is 1. The lowest BCUT2D eigenvalue weighted by Gasteiger charge is -2.33. The Kier molecular flexibility index (Phi) is 6.79. The van der Waals surface area contributed by atoms with Crippen LogP contribution in [0.4, 0.5) is 20.2 Å².